The topological polar surface area (TPSA) is 98.7 Å². The smallest absolute Gasteiger partial charge is 0.281 e. The first-order chi connectivity index (χ1) is 13.3. The highest BCUT2D eigenvalue weighted by Crippen LogP contribution is 2.31. The van der Waals surface area contributed by atoms with E-state index in [1.807, 2.05) is 20.9 Å². The number of anilines is 1. The van der Waals surface area contributed by atoms with Gasteiger partial charge in [0, 0.05) is 58.2 Å². The predicted octanol–water partition coefficient (Wildman–Crippen LogP) is 0.799. The maximum atomic E-state index is 12.8. The van der Waals surface area contributed by atoms with Gasteiger partial charge in [0.25, 0.3) is 10.2 Å². The lowest BCUT2D eigenvalue weighted by Gasteiger charge is -2.29. The highest BCUT2D eigenvalue weighted by Gasteiger charge is 2.37. The van der Waals surface area contributed by atoms with Crippen molar-refractivity contribution in [2.75, 3.05) is 45.1 Å². The molecule has 3 heterocycles. The van der Waals surface area contributed by atoms with Crippen molar-refractivity contribution in [1.82, 2.24) is 23.5 Å². The zero-order valence-electron chi connectivity index (χ0n) is 17.1. The molecule has 0 radical (unpaired) electrons. The summed E-state index contributed by atoms with van der Waals surface area (Å²) in [4.78, 5) is 23.0. The van der Waals surface area contributed by atoms with Gasteiger partial charge in [-0.1, -0.05) is 13.8 Å². The Morgan fingerprint density at radius 2 is 1.96 bits per heavy atom. The van der Waals surface area contributed by atoms with Crippen LogP contribution in [-0.4, -0.2) is 77.6 Å². The number of hydrogen-bond acceptors (Lipinski definition) is 6. The van der Waals surface area contributed by atoms with Crippen molar-refractivity contribution in [2.45, 2.75) is 46.1 Å². The lowest BCUT2D eigenvalue weighted by molar-refractivity contribution is -0.129. The average Bonchev–Trinajstić information content (AvgIpc) is 3.18. The van der Waals surface area contributed by atoms with E-state index in [4.69, 9.17) is 9.97 Å². The van der Waals surface area contributed by atoms with E-state index >= 15 is 0 Å². The SMILES string of the molecule is CCN(CC)S(=O)(=O)N1CC[C@H](c2nc3c(c(NC)n2)CCN(C(C)=O)C3)C1. The lowest BCUT2D eigenvalue weighted by Crippen LogP contribution is -2.42. The fourth-order valence-corrected chi connectivity index (χ4v) is 5.65. The average molecular weight is 411 g/mol. The number of carbonyl (C=O) groups excluding carboxylic acids is 1. The second kappa shape index (κ2) is 8.30. The van der Waals surface area contributed by atoms with Crippen LogP contribution >= 0.6 is 0 Å². The van der Waals surface area contributed by atoms with E-state index < -0.39 is 10.2 Å². The molecule has 2 aliphatic heterocycles. The predicted molar refractivity (Wildman–Crippen MR) is 107 cm³/mol. The van der Waals surface area contributed by atoms with E-state index in [1.165, 1.54) is 8.61 Å². The first-order valence-electron chi connectivity index (χ1n) is 9.89. The quantitative estimate of drug-likeness (QED) is 0.745. The van der Waals surface area contributed by atoms with Crippen LogP contribution in [0.3, 0.4) is 0 Å². The minimum absolute atomic E-state index is 0.0363. The van der Waals surface area contributed by atoms with Gasteiger partial charge in [-0.25, -0.2) is 9.97 Å². The number of nitrogens with one attached hydrogen (secondary N) is 1. The lowest BCUT2D eigenvalue weighted by atomic mass is 10.0. The Morgan fingerprint density at radius 3 is 2.57 bits per heavy atom. The molecule has 0 bridgehead atoms. The summed E-state index contributed by atoms with van der Waals surface area (Å²) in [5.74, 6) is 1.43. The molecule has 1 aromatic heterocycles. The number of rotatable bonds is 6. The standard InChI is InChI=1S/C18H30N6O3S/c1-5-23(6-2)28(26,27)24-10-7-14(11-24)17-20-16-12-22(13(3)25)9-8-15(16)18(19-4)21-17/h14H,5-12H2,1-4H3,(H,19,20,21)/t14-/m0/s1. The maximum Gasteiger partial charge on any atom is 0.281 e. The molecular formula is C18H30N6O3S. The molecule has 28 heavy (non-hydrogen) atoms. The minimum atomic E-state index is -3.45. The van der Waals surface area contributed by atoms with E-state index in [1.54, 1.807) is 11.8 Å². The van der Waals surface area contributed by atoms with Gasteiger partial charge < -0.3 is 10.2 Å². The van der Waals surface area contributed by atoms with Crippen LogP contribution in [0.1, 0.15) is 50.2 Å². The Bertz CT molecular complexity index is 840. The van der Waals surface area contributed by atoms with Crippen molar-refractivity contribution in [3.8, 4) is 0 Å². The third-order valence-electron chi connectivity index (χ3n) is 5.64. The number of amides is 1. The number of hydrogen-bond donors (Lipinski definition) is 1. The van der Waals surface area contributed by atoms with Gasteiger partial charge in [0.05, 0.1) is 12.2 Å². The molecule has 0 unspecified atom stereocenters. The van der Waals surface area contributed by atoms with Gasteiger partial charge in [-0.2, -0.15) is 17.0 Å². The fourth-order valence-electron chi connectivity index (χ4n) is 3.97. The van der Waals surface area contributed by atoms with Gasteiger partial charge >= 0.3 is 0 Å². The molecule has 1 aromatic rings. The molecule has 156 valence electrons. The van der Waals surface area contributed by atoms with E-state index in [0.717, 1.165) is 23.5 Å². The van der Waals surface area contributed by atoms with Crippen molar-refractivity contribution in [2.24, 2.45) is 0 Å². The van der Waals surface area contributed by atoms with Crippen LogP contribution < -0.4 is 5.32 Å². The Morgan fingerprint density at radius 1 is 1.25 bits per heavy atom. The molecule has 1 atom stereocenters. The summed E-state index contributed by atoms with van der Waals surface area (Å²) in [5.41, 5.74) is 1.91. The number of carbonyl (C=O) groups is 1. The van der Waals surface area contributed by atoms with Crippen LogP contribution in [0, 0.1) is 0 Å². The monoisotopic (exact) mass is 410 g/mol. The molecule has 1 fully saturated rings. The van der Waals surface area contributed by atoms with Crippen LogP contribution in [0.4, 0.5) is 5.82 Å². The van der Waals surface area contributed by atoms with Gasteiger partial charge in [-0.05, 0) is 12.8 Å². The normalized spacial score (nSPS) is 20.5. The molecule has 0 saturated carbocycles. The highest BCUT2D eigenvalue weighted by atomic mass is 32.2. The van der Waals surface area contributed by atoms with Crippen LogP contribution in [0.15, 0.2) is 0 Å². The van der Waals surface area contributed by atoms with Crippen molar-refractivity contribution >= 4 is 21.9 Å². The maximum absolute atomic E-state index is 12.8. The first kappa shape index (κ1) is 20.9. The molecule has 1 N–H and O–H groups in total. The second-order valence-corrected chi connectivity index (χ2v) is 9.16. The van der Waals surface area contributed by atoms with E-state index in [9.17, 15) is 13.2 Å². The molecule has 3 rings (SSSR count). The summed E-state index contributed by atoms with van der Waals surface area (Å²) < 4.78 is 28.6. The van der Waals surface area contributed by atoms with Crippen LogP contribution in [-0.2, 0) is 28.0 Å². The Labute approximate surface area is 167 Å². The van der Waals surface area contributed by atoms with Crippen molar-refractivity contribution in [3.05, 3.63) is 17.1 Å². The summed E-state index contributed by atoms with van der Waals surface area (Å²) in [5, 5.41) is 3.15. The third-order valence-corrected chi connectivity index (χ3v) is 7.79. The molecule has 0 spiro atoms. The number of nitrogens with zero attached hydrogens (tertiary/aromatic N) is 5. The number of aromatic nitrogens is 2. The Kier molecular flexibility index (Phi) is 6.21. The van der Waals surface area contributed by atoms with Gasteiger partial charge in [0.15, 0.2) is 0 Å². The third kappa shape index (κ3) is 3.85. The zero-order valence-corrected chi connectivity index (χ0v) is 17.9. The zero-order chi connectivity index (χ0) is 20.5. The fraction of sp³-hybridized carbons (Fsp3) is 0.722. The second-order valence-electron chi connectivity index (χ2n) is 7.23. The number of fused-ring (bicyclic) bond motifs is 1. The summed E-state index contributed by atoms with van der Waals surface area (Å²) >= 11 is 0. The summed E-state index contributed by atoms with van der Waals surface area (Å²) in [6.07, 6.45) is 1.41. The molecule has 2 aliphatic rings. The summed E-state index contributed by atoms with van der Waals surface area (Å²) in [7, 11) is -1.62. The van der Waals surface area contributed by atoms with Crippen LogP contribution in [0.5, 0.6) is 0 Å². The van der Waals surface area contributed by atoms with Crippen molar-refractivity contribution in [3.63, 3.8) is 0 Å². The van der Waals surface area contributed by atoms with Crippen LogP contribution in [0.25, 0.3) is 0 Å². The summed E-state index contributed by atoms with van der Waals surface area (Å²) in [6.45, 7) is 8.18. The molecule has 1 amide bonds. The molecule has 0 aliphatic carbocycles. The minimum Gasteiger partial charge on any atom is -0.373 e. The Balaban J connectivity index is 1.85. The van der Waals surface area contributed by atoms with Gasteiger partial charge in [0.2, 0.25) is 5.91 Å². The van der Waals surface area contributed by atoms with E-state index in [2.05, 4.69) is 5.32 Å². The first-order valence-corrected chi connectivity index (χ1v) is 11.3. The molecule has 9 nitrogen and oxygen atoms in total. The van der Waals surface area contributed by atoms with Gasteiger partial charge in [0.1, 0.15) is 11.6 Å². The van der Waals surface area contributed by atoms with Gasteiger partial charge in [-0.3, -0.25) is 4.79 Å². The summed E-state index contributed by atoms with van der Waals surface area (Å²) in [6, 6.07) is 0. The van der Waals surface area contributed by atoms with E-state index in [-0.39, 0.29) is 11.8 Å². The van der Waals surface area contributed by atoms with Gasteiger partial charge in [-0.15, -0.1) is 0 Å². The molecule has 1 saturated heterocycles. The van der Waals surface area contributed by atoms with Crippen molar-refractivity contribution in [1.29, 1.82) is 0 Å². The molecule has 10 heteroatoms. The molecular weight excluding hydrogens is 380 g/mol. The van der Waals surface area contributed by atoms with E-state index in [0.29, 0.717) is 51.5 Å². The molecule has 0 aromatic carbocycles. The largest absolute Gasteiger partial charge is 0.373 e. The van der Waals surface area contributed by atoms with Crippen LogP contribution in [0.2, 0.25) is 0 Å². The highest BCUT2D eigenvalue weighted by molar-refractivity contribution is 7.86. The van der Waals surface area contributed by atoms with Crippen molar-refractivity contribution < 1.29 is 13.2 Å². The Hall–Kier alpha value is -1.78.